The second-order valence-electron chi connectivity index (χ2n) is 29.2. The number of aryl methyl sites for hydroxylation is 8. The van der Waals surface area contributed by atoms with Crippen molar-refractivity contribution >= 4 is 105 Å². The van der Waals surface area contributed by atoms with Crippen molar-refractivity contribution in [1.29, 1.82) is 5.26 Å². The third kappa shape index (κ3) is 13.6. The molecule has 0 saturated heterocycles. The molecule has 0 bridgehead atoms. The summed E-state index contributed by atoms with van der Waals surface area (Å²) in [4.78, 5) is 10.7. The van der Waals surface area contributed by atoms with Crippen LogP contribution < -0.4 is 18.3 Å². The third-order valence-corrected chi connectivity index (χ3v) is 21.9. The van der Waals surface area contributed by atoms with Gasteiger partial charge in [-0.3, -0.25) is 0 Å². The fourth-order valence-electron chi connectivity index (χ4n) is 16.1. The van der Waals surface area contributed by atoms with E-state index in [0.717, 1.165) is 155 Å². The summed E-state index contributed by atoms with van der Waals surface area (Å²) in [5.74, 6) is 0. The average Bonchev–Trinajstić information content (AvgIpc) is 1.57. The largest absolute Gasteiger partial charge is 0.466 e. The van der Waals surface area contributed by atoms with Gasteiger partial charge < -0.3 is 17.7 Å². The Balaban J connectivity index is 0.000000111. The van der Waals surface area contributed by atoms with Crippen molar-refractivity contribution in [2.45, 2.75) is 27.7 Å². The maximum atomic E-state index is 9.75. The Hall–Kier alpha value is -15.6. The molecule has 0 spiro atoms. The Morgan fingerprint density at radius 2 is 0.698 bits per heavy atom. The topological polar surface area (TPSA) is 105 Å². The van der Waals surface area contributed by atoms with Gasteiger partial charge in [-0.15, -0.1) is 0 Å². The van der Waals surface area contributed by atoms with Crippen LogP contribution in [0.2, 0.25) is 0 Å². The van der Waals surface area contributed by atoms with Crippen molar-refractivity contribution < 1.29 is 35.9 Å². The smallest absolute Gasteiger partial charge is 0.229 e. The molecule has 552 valence electrons. The van der Waals surface area contributed by atoms with Gasteiger partial charge in [0.2, 0.25) is 28.5 Å². The van der Waals surface area contributed by atoms with Crippen LogP contribution in [-0.2, 0) is 28.2 Å². The minimum atomic E-state index is 0.547. The van der Waals surface area contributed by atoms with E-state index >= 15 is 0 Å². The van der Waals surface area contributed by atoms with Gasteiger partial charge in [0, 0.05) is 90.1 Å². The number of nitrogens with zero attached hydrogens (tertiary/aromatic N) is 8. The lowest BCUT2D eigenvalue weighted by molar-refractivity contribution is -0.660. The lowest BCUT2D eigenvalue weighted by Gasteiger charge is -2.09. The number of pyridine rings is 4. The zero-order valence-electron chi connectivity index (χ0n) is 65.2. The highest BCUT2D eigenvalue weighted by molar-refractivity contribution is 6.15. The Morgan fingerprint density at radius 1 is 0.284 bits per heavy atom. The van der Waals surface area contributed by atoms with Crippen LogP contribution in [0, 0.1) is 58.7 Å². The molecule has 0 atom stereocenters. The van der Waals surface area contributed by atoms with Crippen molar-refractivity contribution in [1.82, 2.24) is 0 Å². The Morgan fingerprint density at radius 3 is 1.21 bits per heavy atom. The first-order chi connectivity index (χ1) is 56.6. The predicted octanol–water partition coefficient (Wildman–Crippen LogP) is 25.7. The van der Waals surface area contributed by atoms with Crippen molar-refractivity contribution in [2.75, 3.05) is 0 Å². The maximum Gasteiger partial charge on any atom is 0.229 e. The Kier molecular flexibility index (Phi) is 19.5. The minimum Gasteiger partial charge on any atom is -0.466 e. The fourth-order valence-corrected chi connectivity index (χ4v) is 16.1. The second kappa shape index (κ2) is 30.9. The zero-order valence-corrected chi connectivity index (χ0v) is 65.2. The SMILES string of the molecule is Cc1cc(C#N)c2c(oc3ccccc32)c1-c1cc(-c2ccccc2)cc[n+]1C.[C-]#[N+]c1ccc2c(c1)oc1c(-c3ccc(-c4ccccc4)c[n+]3C)c(C)ccc12.[C-]#[N+]c1ccc2oc3c(-c4ccc(-c5ccccc5)c[n+]4C)c(C)ccc3c2c1.[C-]#[N+]c1cccc2c1oc1c(-c3ccc(-c4ccccc4)c[n+]3C)c(C)ccc12. The first kappa shape index (κ1) is 73.2. The standard InChI is InChI=1S/4C26H19N2O/c1-17-12-14-21-20-10-7-11-22(27-2)25(20)29-26(21)24(17)23-15-13-19(16-28(23)3)18-8-5-4-6-9-18;1-17-9-12-22-21-13-11-20(27-2)15-24(21)29-26(22)25(17)23-14-10-19(16-28(23)3)18-7-5-4-6-8-18;1-17-9-12-21-22-15-20(27-2)11-14-24(22)29-26(21)25(17)23-13-10-19(16-28(23)3)18-7-5-4-6-8-18;1-17-14-20(16-27)25-21-10-6-7-11-23(21)29-26(25)24(17)22-15-19(12-13-28(22)2)18-8-4-3-5-9-18/h3*4-16H,1,3H3;3-15H,1-2H3/q4*+1. The zero-order chi connectivity index (χ0) is 79.8. The average molecular weight is 1500 g/mol. The van der Waals surface area contributed by atoms with E-state index in [0.29, 0.717) is 28.2 Å². The summed E-state index contributed by atoms with van der Waals surface area (Å²) in [6, 6.07) is 101. The number of aromatic nitrogens is 4. The molecule has 8 heterocycles. The van der Waals surface area contributed by atoms with Gasteiger partial charge in [-0.1, -0.05) is 212 Å². The number of hydrogen-bond acceptors (Lipinski definition) is 5. The molecule has 0 fully saturated rings. The highest BCUT2D eigenvalue weighted by atomic mass is 16.3. The molecule has 0 aliphatic rings. The van der Waals surface area contributed by atoms with E-state index in [4.69, 9.17) is 37.4 Å². The molecule has 12 nitrogen and oxygen atoms in total. The summed E-state index contributed by atoms with van der Waals surface area (Å²) in [7, 11) is 8.24. The van der Waals surface area contributed by atoms with Crippen LogP contribution in [0.15, 0.2) is 334 Å². The van der Waals surface area contributed by atoms with Gasteiger partial charge in [-0.2, -0.15) is 5.26 Å². The van der Waals surface area contributed by atoms with Gasteiger partial charge in [0.05, 0.1) is 53.6 Å². The highest BCUT2D eigenvalue weighted by Gasteiger charge is 2.28. The molecule has 12 aromatic carbocycles. The number of nitriles is 1. The molecule has 8 aromatic heterocycles. The quantitative estimate of drug-likeness (QED) is 0.111. The van der Waals surface area contributed by atoms with E-state index in [2.05, 4.69) is 275 Å². The van der Waals surface area contributed by atoms with E-state index in [-0.39, 0.29) is 0 Å². The molecule has 116 heavy (non-hydrogen) atoms. The van der Waals surface area contributed by atoms with Gasteiger partial charge in [0.15, 0.2) is 41.7 Å². The molecule has 0 aliphatic heterocycles. The molecule has 12 heteroatoms. The van der Waals surface area contributed by atoms with E-state index in [1.807, 2.05) is 123 Å². The molecule has 0 unspecified atom stereocenters. The number of rotatable bonds is 8. The van der Waals surface area contributed by atoms with Crippen molar-refractivity contribution in [2.24, 2.45) is 28.2 Å². The third-order valence-electron chi connectivity index (χ3n) is 21.9. The van der Waals surface area contributed by atoms with Crippen LogP contribution in [0.4, 0.5) is 17.1 Å². The Labute approximate surface area is 671 Å². The lowest BCUT2D eigenvalue weighted by Crippen LogP contribution is -2.30. The van der Waals surface area contributed by atoms with Gasteiger partial charge in [-0.05, 0) is 126 Å². The van der Waals surface area contributed by atoms with E-state index in [9.17, 15) is 5.26 Å². The first-order valence-electron chi connectivity index (χ1n) is 38.2. The summed E-state index contributed by atoms with van der Waals surface area (Å²) in [6.07, 6.45) is 8.53. The number of benzene rings is 12. The van der Waals surface area contributed by atoms with Gasteiger partial charge >= 0.3 is 0 Å². The monoisotopic (exact) mass is 1500 g/mol. The molecule has 20 rings (SSSR count). The van der Waals surface area contributed by atoms with Crippen LogP contribution in [0.1, 0.15) is 27.8 Å². The number of para-hydroxylation sites is 2. The summed E-state index contributed by atoms with van der Waals surface area (Å²) >= 11 is 0. The fraction of sp³-hybridized carbons (Fsp3) is 0.0769. The molecule has 0 saturated carbocycles. The van der Waals surface area contributed by atoms with Crippen LogP contribution in [0.3, 0.4) is 0 Å². The second-order valence-corrected chi connectivity index (χ2v) is 29.2. The van der Waals surface area contributed by atoms with Gasteiger partial charge in [-0.25, -0.2) is 32.8 Å². The van der Waals surface area contributed by atoms with Crippen LogP contribution in [0.5, 0.6) is 0 Å². The van der Waals surface area contributed by atoms with Crippen molar-refractivity contribution in [3.8, 4) is 95.6 Å². The van der Waals surface area contributed by atoms with Crippen molar-refractivity contribution in [3.63, 3.8) is 0 Å². The van der Waals surface area contributed by atoms with E-state index in [1.54, 1.807) is 12.1 Å². The number of hydrogen-bond donors (Lipinski definition) is 0. The van der Waals surface area contributed by atoms with Gasteiger partial charge in [0.1, 0.15) is 67.3 Å². The van der Waals surface area contributed by atoms with Crippen molar-refractivity contribution in [3.05, 3.63) is 378 Å². The van der Waals surface area contributed by atoms with E-state index < -0.39 is 0 Å². The lowest BCUT2D eigenvalue weighted by atomic mass is 9.95. The Bertz CT molecular complexity index is 7360. The normalized spacial score (nSPS) is 11.1. The first-order valence-corrected chi connectivity index (χ1v) is 38.2. The predicted molar refractivity (Wildman–Crippen MR) is 466 cm³/mol. The highest BCUT2D eigenvalue weighted by Crippen LogP contribution is 2.45. The molecule has 0 N–H and O–H groups in total. The molecular formula is C104H76N8O4+4. The van der Waals surface area contributed by atoms with Crippen LogP contribution in [0.25, 0.3) is 192 Å². The molecule has 20 aromatic rings. The summed E-state index contributed by atoms with van der Waals surface area (Å²) in [5.41, 5.74) is 31.2. The summed E-state index contributed by atoms with van der Waals surface area (Å²) < 4.78 is 33.7. The number of fused-ring (bicyclic) bond motifs is 12. The van der Waals surface area contributed by atoms with Crippen LogP contribution >= 0.6 is 0 Å². The van der Waals surface area contributed by atoms with Crippen LogP contribution in [-0.4, -0.2) is 0 Å². The summed E-state index contributed by atoms with van der Waals surface area (Å²) in [6.45, 7) is 30.4. The maximum absolute atomic E-state index is 9.75. The number of furan rings is 4. The van der Waals surface area contributed by atoms with Gasteiger partial charge in [0.25, 0.3) is 0 Å². The molecule has 0 radical (unpaired) electrons. The minimum absolute atomic E-state index is 0.547. The molecular weight excluding hydrogens is 1430 g/mol. The molecule has 0 amide bonds. The van der Waals surface area contributed by atoms with E-state index in [1.165, 1.54) is 38.9 Å². The molecule has 0 aliphatic carbocycles. The summed E-state index contributed by atoms with van der Waals surface area (Å²) in [5, 5.41) is 17.8.